The summed E-state index contributed by atoms with van der Waals surface area (Å²) in [6, 6.07) is 5.08. The first-order valence-corrected chi connectivity index (χ1v) is 6.51. The zero-order chi connectivity index (χ0) is 13.1. The summed E-state index contributed by atoms with van der Waals surface area (Å²) in [5.74, 6) is -0.215. The van der Waals surface area contributed by atoms with Crippen molar-refractivity contribution >= 4 is 15.9 Å². The molecule has 0 aliphatic heterocycles. The van der Waals surface area contributed by atoms with Crippen molar-refractivity contribution in [2.45, 2.75) is 20.0 Å². The van der Waals surface area contributed by atoms with Crippen LogP contribution in [0, 0.1) is 12.7 Å². The first-order chi connectivity index (χ1) is 8.60. The van der Waals surface area contributed by atoms with Crippen molar-refractivity contribution in [2.75, 3.05) is 7.05 Å². The van der Waals surface area contributed by atoms with Gasteiger partial charge in [-0.25, -0.2) is 4.39 Å². The van der Waals surface area contributed by atoms with Crippen molar-refractivity contribution < 1.29 is 4.39 Å². The number of aromatic nitrogens is 2. The molecule has 5 heteroatoms. The fraction of sp³-hybridized carbons (Fsp3) is 0.308. The molecule has 0 amide bonds. The summed E-state index contributed by atoms with van der Waals surface area (Å²) in [5.41, 5.74) is 2.74. The van der Waals surface area contributed by atoms with Crippen molar-refractivity contribution in [3.05, 3.63) is 51.5 Å². The van der Waals surface area contributed by atoms with Crippen LogP contribution in [-0.4, -0.2) is 16.8 Å². The fourth-order valence-electron chi connectivity index (χ4n) is 1.83. The number of hydrogen-bond acceptors (Lipinski definition) is 2. The van der Waals surface area contributed by atoms with Crippen molar-refractivity contribution in [1.29, 1.82) is 0 Å². The van der Waals surface area contributed by atoms with Crippen LogP contribution < -0.4 is 5.32 Å². The Morgan fingerprint density at radius 3 is 2.83 bits per heavy atom. The van der Waals surface area contributed by atoms with Crippen LogP contribution in [0.4, 0.5) is 4.39 Å². The minimum atomic E-state index is -0.215. The van der Waals surface area contributed by atoms with Gasteiger partial charge in [0.15, 0.2) is 0 Å². The number of hydrogen-bond donors (Lipinski definition) is 1. The van der Waals surface area contributed by atoms with Crippen molar-refractivity contribution in [3.63, 3.8) is 0 Å². The van der Waals surface area contributed by atoms with Gasteiger partial charge in [-0.05, 0) is 26.1 Å². The number of halogens is 2. The van der Waals surface area contributed by atoms with E-state index in [4.69, 9.17) is 0 Å². The highest BCUT2D eigenvalue weighted by Crippen LogP contribution is 2.16. The lowest BCUT2D eigenvalue weighted by Crippen LogP contribution is -2.05. The molecule has 2 rings (SSSR count). The molecule has 3 nitrogen and oxygen atoms in total. The summed E-state index contributed by atoms with van der Waals surface area (Å²) in [4.78, 5) is 0. The monoisotopic (exact) mass is 311 g/mol. The summed E-state index contributed by atoms with van der Waals surface area (Å²) >= 11 is 3.25. The van der Waals surface area contributed by atoms with Gasteiger partial charge in [0.2, 0.25) is 0 Å². The zero-order valence-corrected chi connectivity index (χ0v) is 12.0. The van der Waals surface area contributed by atoms with E-state index in [9.17, 15) is 4.39 Å². The lowest BCUT2D eigenvalue weighted by Gasteiger charge is -2.04. The molecule has 0 radical (unpaired) electrons. The Kier molecular flexibility index (Phi) is 4.14. The number of benzene rings is 1. The lowest BCUT2D eigenvalue weighted by atomic mass is 10.2. The lowest BCUT2D eigenvalue weighted by molar-refractivity contribution is 0.583. The molecule has 0 spiro atoms. The predicted octanol–water partition coefficient (Wildman–Crippen LogP) is 2.86. The second kappa shape index (κ2) is 5.63. The van der Waals surface area contributed by atoms with Gasteiger partial charge in [-0.1, -0.05) is 22.0 Å². The summed E-state index contributed by atoms with van der Waals surface area (Å²) in [5, 5.41) is 7.47. The second-order valence-electron chi connectivity index (χ2n) is 4.20. The number of nitrogens with one attached hydrogen (secondary N) is 1. The summed E-state index contributed by atoms with van der Waals surface area (Å²) in [6.45, 7) is 3.18. The molecule has 0 saturated carbocycles. The van der Waals surface area contributed by atoms with Gasteiger partial charge in [0.05, 0.1) is 12.2 Å². The van der Waals surface area contributed by atoms with Crippen LogP contribution in [-0.2, 0) is 13.1 Å². The Labute approximate surface area is 114 Å². The zero-order valence-electron chi connectivity index (χ0n) is 10.4. The van der Waals surface area contributed by atoms with Crippen LogP contribution in [0.15, 0.2) is 28.9 Å². The van der Waals surface area contributed by atoms with E-state index < -0.39 is 0 Å². The molecule has 1 N–H and O–H groups in total. The first kappa shape index (κ1) is 13.2. The second-order valence-corrected chi connectivity index (χ2v) is 5.12. The summed E-state index contributed by atoms with van der Waals surface area (Å²) in [7, 11) is 1.89. The van der Waals surface area contributed by atoms with Crippen molar-refractivity contribution in [3.8, 4) is 0 Å². The van der Waals surface area contributed by atoms with Gasteiger partial charge in [0.25, 0.3) is 0 Å². The molecule has 1 aromatic heterocycles. The van der Waals surface area contributed by atoms with Gasteiger partial charge in [-0.3, -0.25) is 4.68 Å². The topological polar surface area (TPSA) is 29.9 Å². The molecule has 1 aromatic carbocycles. The van der Waals surface area contributed by atoms with Gasteiger partial charge in [-0.15, -0.1) is 0 Å². The van der Waals surface area contributed by atoms with Crippen LogP contribution in [0.25, 0.3) is 0 Å². The molecule has 0 aliphatic rings. The maximum Gasteiger partial charge on any atom is 0.129 e. The molecule has 0 bridgehead atoms. The molecular weight excluding hydrogens is 297 g/mol. The Balaban J connectivity index is 2.20. The van der Waals surface area contributed by atoms with Crippen LogP contribution in [0.5, 0.6) is 0 Å². The third-order valence-electron chi connectivity index (χ3n) is 2.76. The van der Waals surface area contributed by atoms with Crippen LogP contribution in [0.1, 0.15) is 16.8 Å². The minimum Gasteiger partial charge on any atom is -0.316 e. The molecule has 0 fully saturated rings. The van der Waals surface area contributed by atoms with Crippen LogP contribution >= 0.6 is 15.9 Å². The highest BCUT2D eigenvalue weighted by Gasteiger charge is 2.07. The van der Waals surface area contributed by atoms with Gasteiger partial charge < -0.3 is 5.32 Å². The highest BCUT2D eigenvalue weighted by molar-refractivity contribution is 9.10. The van der Waals surface area contributed by atoms with E-state index in [1.807, 2.05) is 26.2 Å². The Morgan fingerprint density at radius 2 is 2.17 bits per heavy atom. The molecule has 1 heterocycles. The molecule has 2 aromatic rings. The normalized spacial score (nSPS) is 10.9. The van der Waals surface area contributed by atoms with Crippen LogP contribution in [0.2, 0.25) is 0 Å². The average molecular weight is 312 g/mol. The smallest absolute Gasteiger partial charge is 0.129 e. The fourth-order valence-corrected chi connectivity index (χ4v) is 2.16. The molecular formula is C13H15BrFN3. The molecule has 18 heavy (non-hydrogen) atoms. The summed E-state index contributed by atoms with van der Waals surface area (Å²) in [6.07, 6.45) is 1.95. The third-order valence-corrected chi connectivity index (χ3v) is 3.26. The van der Waals surface area contributed by atoms with E-state index in [-0.39, 0.29) is 5.82 Å². The van der Waals surface area contributed by atoms with Gasteiger partial charge in [0, 0.05) is 28.3 Å². The Bertz CT molecular complexity index is 551. The van der Waals surface area contributed by atoms with Crippen molar-refractivity contribution in [2.24, 2.45) is 0 Å². The molecule has 0 aliphatic carbocycles. The van der Waals surface area contributed by atoms with Crippen LogP contribution in [0.3, 0.4) is 0 Å². The standard InChI is InChI=1S/C13H15BrFN3/c1-9-11(6-16-2)8-18(17-9)7-10-3-4-12(14)5-13(10)15/h3-5,8,16H,6-7H2,1-2H3. The predicted molar refractivity (Wildman–Crippen MR) is 72.9 cm³/mol. The largest absolute Gasteiger partial charge is 0.316 e. The minimum absolute atomic E-state index is 0.215. The van der Waals surface area contributed by atoms with E-state index >= 15 is 0 Å². The van der Waals surface area contributed by atoms with E-state index in [0.29, 0.717) is 12.1 Å². The van der Waals surface area contributed by atoms with Crippen molar-refractivity contribution in [1.82, 2.24) is 15.1 Å². The molecule has 0 unspecified atom stereocenters. The average Bonchev–Trinajstić information content (AvgIpc) is 2.64. The van der Waals surface area contributed by atoms with E-state index in [1.165, 1.54) is 6.07 Å². The SMILES string of the molecule is CNCc1cn(Cc2ccc(Br)cc2F)nc1C. The molecule has 0 atom stereocenters. The summed E-state index contributed by atoms with van der Waals surface area (Å²) < 4.78 is 16.2. The number of nitrogens with zero attached hydrogens (tertiary/aromatic N) is 2. The van der Waals surface area contributed by atoms with E-state index in [0.717, 1.165) is 22.3 Å². The molecule has 0 saturated heterocycles. The number of rotatable bonds is 4. The first-order valence-electron chi connectivity index (χ1n) is 5.71. The van der Waals surface area contributed by atoms with E-state index in [1.54, 1.807) is 10.7 Å². The number of aryl methyl sites for hydroxylation is 1. The molecule has 96 valence electrons. The Hall–Kier alpha value is -1.20. The Morgan fingerprint density at radius 1 is 1.39 bits per heavy atom. The van der Waals surface area contributed by atoms with E-state index in [2.05, 4.69) is 26.3 Å². The maximum atomic E-state index is 13.7. The highest BCUT2D eigenvalue weighted by atomic mass is 79.9. The van der Waals surface area contributed by atoms with Gasteiger partial charge >= 0.3 is 0 Å². The third kappa shape index (κ3) is 2.97. The van der Waals surface area contributed by atoms with Gasteiger partial charge in [-0.2, -0.15) is 5.10 Å². The maximum absolute atomic E-state index is 13.7. The van der Waals surface area contributed by atoms with Gasteiger partial charge in [0.1, 0.15) is 5.82 Å². The quantitative estimate of drug-likeness (QED) is 0.941.